The molecule has 29 heavy (non-hydrogen) atoms. The minimum Gasteiger partial charge on any atom is -0.497 e. The summed E-state index contributed by atoms with van der Waals surface area (Å²) >= 11 is 0. The van der Waals surface area contributed by atoms with Crippen LogP contribution >= 0.6 is 0 Å². The Morgan fingerprint density at radius 1 is 1.17 bits per heavy atom. The van der Waals surface area contributed by atoms with E-state index in [2.05, 4.69) is 4.98 Å². The number of methoxy groups -OCH3 is 1. The summed E-state index contributed by atoms with van der Waals surface area (Å²) in [6.45, 7) is 1.47. The third kappa shape index (κ3) is 3.88. The average molecular weight is 396 g/mol. The lowest BCUT2D eigenvalue weighted by atomic mass is 10.1. The Bertz CT molecular complexity index is 915. The van der Waals surface area contributed by atoms with Crippen LogP contribution in [-0.2, 0) is 16.1 Å². The molecule has 8 heteroatoms. The van der Waals surface area contributed by atoms with Gasteiger partial charge < -0.3 is 15.2 Å². The Balaban J connectivity index is 1.60. The second kappa shape index (κ2) is 8.08. The number of carbonyl (C=O) groups is 2. The average Bonchev–Trinajstić information content (AvgIpc) is 3.10. The first-order chi connectivity index (χ1) is 14.1. The van der Waals surface area contributed by atoms with Gasteiger partial charge in [-0.3, -0.25) is 19.4 Å². The van der Waals surface area contributed by atoms with Crippen molar-refractivity contribution in [2.24, 2.45) is 11.7 Å². The molecule has 3 heterocycles. The molecule has 2 aliphatic rings. The topological polar surface area (TPSA) is 98.0 Å². The first-order valence-electron chi connectivity index (χ1n) is 9.66. The van der Waals surface area contributed by atoms with E-state index in [1.807, 2.05) is 24.3 Å². The highest BCUT2D eigenvalue weighted by Gasteiger charge is 2.33. The summed E-state index contributed by atoms with van der Waals surface area (Å²) in [6.07, 6.45) is 1.28. The molecule has 1 fully saturated rings. The maximum atomic E-state index is 12.6. The number of fused-ring (bicyclic) bond motifs is 1. The maximum Gasteiger partial charge on any atom is 0.266 e. The van der Waals surface area contributed by atoms with E-state index in [1.165, 1.54) is 0 Å². The van der Waals surface area contributed by atoms with Gasteiger partial charge in [0.15, 0.2) is 18.2 Å². The highest BCUT2D eigenvalue weighted by atomic mass is 16.5. The zero-order chi connectivity index (χ0) is 20.4. The minimum absolute atomic E-state index is 0.0284. The highest BCUT2D eigenvalue weighted by Crippen LogP contribution is 2.35. The van der Waals surface area contributed by atoms with Crippen molar-refractivity contribution >= 4 is 23.5 Å². The zero-order valence-corrected chi connectivity index (χ0v) is 16.3. The number of rotatable bonds is 6. The summed E-state index contributed by atoms with van der Waals surface area (Å²) in [6, 6.07) is 11.1. The Morgan fingerprint density at radius 2 is 1.97 bits per heavy atom. The van der Waals surface area contributed by atoms with Crippen molar-refractivity contribution in [3.63, 3.8) is 0 Å². The predicted molar refractivity (Wildman–Crippen MR) is 108 cm³/mol. The van der Waals surface area contributed by atoms with Crippen molar-refractivity contribution in [1.29, 1.82) is 0 Å². The van der Waals surface area contributed by atoms with E-state index < -0.39 is 0 Å². The summed E-state index contributed by atoms with van der Waals surface area (Å²) in [5.74, 6) is 2.34. The quantitative estimate of drug-likeness (QED) is 0.798. The summed E-state index contributed by atoms with van der Waals surface area (Å²) in [4.78, 5) is 32.9. The van der Waals surface area contributed by atoms with E-state index in [-0.39, 0.29) is 24.3 Å². The van der Waals surface area contributed by atoms with Crippen LogP contribution in [-0.4, -0.2) is 43.6 Å². The van der Waals surface area contributed by atoms with Crippen molar-refractivity contribution in [1.82, 2.24) is 4.98 Å². The molecule has 152 valence electrons. The number of ether oxygens (including phenoxy) is 2. The van der Waals surface area contributed by atoms with Crippen molar-refractivity contribution in [2.45, 2.75) is 19.4 Å². The van der Waals surface area contributed by atoms with E-state index >= 15 is 0 Å². The van der Waals surface area contributed by atoms with Gasteiger partial charge in [0.05, 0.1) is 13.7 Å². The van der Waals surface area contributed by atoms with Crippen molar-refractivity contribution in [2.75, 3.05) is 36.6 Å². The molecule has 0 radical (unpaired) electrons. The number of aromatic nitrogens is 1. The van der Waals surface area contributed by atoms with Gasteiger partial charge in [-0.2, -0.15) is 0 Å². The molecule has 1 unspecified atom stereocenters. The van der Waals surface area contributed by atoms with E-state index in [4.69, 9.17) is 15.2 Å². The van der Waals surface area contributed by atoms with Gasteiger partial charge in [-0.05, 0) is 48.7 Å². The number of anilines is 2. The second-order valence-electron chi connectivity index (χ2n) is 7.26. The van der Waals surface area contributed by atoms with Crippen LogP contribution in [0.3, 0.4) is 0 Å². The lowest BCUT2D eigenvalue weighted by Crippen LogP contribution is -2.39. The smallest absolute Gasteiger partial charge is 0.266 e. The maximum absolute atomic E-state index is 12.6. The van der Waals surface area contributed by atoms with Crippen molar-refractivity contribution in [3.8, 4) is 11.5 Å². The minimum atomic E-state index is -0.174. The van der Waals surface area contributed by atoms with E-state index in [0.29, 0.717) is 43.4 Å². The Labute approximate surface area is 169 Å². The zero-order valence-electron chi connectivity index (χ0n) is 16.3. The van der Waals surface area contributed by atoms with Crippen LogP contribution in [0.5, 0.6) is 11.5 Å². The first-order valence-corrected chi connectivity index (χ1v) is 9.66. The molecule has 0 bridgehead atoms. The van der Waals surface area contributed by atoms with Crippen LogP contribution in [0, 0.1) is 5.92 Å². The molecule has 0 aliphatic carbocycles. The van der Waals surface area contributed by atoms with Crippen LogP contribution in [0.15, 0.2) is 36.4 Å². The number of hydrogen-bond donors (Lipinski definition) is 1. The number of carbonyl (C=O) groups excluding carboxylic acids is 2. The molecule has 1 atom stereocenters. The summed E-state index contributed by atoms with van der Waals surface area (Å²) in [5, 5.41) is 0. The van der Waals surface area contributed by atoms with Gasteiger partial charge in [-0.25, -0.2) is 4.98 Å². The monoisotopic (exact) mass is 396 g/mol. The molecular formula is C21H24N4O4. The molecule has 2 N–H and O–H groups in total. The number of amides is 2. The molecule has 1 aromatic heterocycles. The van der Waals surface area contributed by atoms with Crippen LogP contribution in [0.2, 0.25) is 0 Å². The van der Waals surface area contributed by atoms with Crippen LogP contribution in [0.4, 0.5) is 11.6 Å². The van der Waals surface area contributed by atoms with Gasteiger partial charge in [0.2, 0.25) is 5.91 Å². The predicted octanol–water partition coefficient (Wildman–Crippen LogP) is 1.72. The molecule has 1 aromatic carbocycles. The standard InChI is InChI=1S/C21H24N4O4/c1-28-16-4-2-14(3-5-16)11-25-20(27)13-29-17-6-7-18(23-21(17)25)24-12-15(8-9-22)10-19(24)26/h2-7,15H,8-13,22H2,1H3. The SMILES string of the molecule is COc1ccc(CN2C(=O)COc3ccc(N4CC(CCN)CC4=O)nc32)cc1. The molecule has 2 amide bonds. The van der Waals surface area contributed by atoms with Gasteiger partial charge in [-0.1, -0.05) is 12.1 Å². The molecule has 8 nitrogen and oxygen atoms in total. The van der Waals surface area contributed by atoms with E-state index in [0.717, 1.165) is 17.7 Å². The van der Waals surface area contributed by atoms with Gasteiger partial charge in [-0.15, -0.1) is 0 Å². The number of hydrogen-bond acceptors (Lipinski definition) is 6. The summed E-state index contributed by atoms with van der Waals surface area (Å²) in [7, 11) is 1.61. The van der Waals surface area contributed by atoms with Crippen molar-refractivity contribution in [3.05, 3.63) is 42.0 Å². The normalized spacial score (nSPS) is 18.6. The highest BCUT2D eigenvalue weighted by molar-refractivity contribution is 5.98. The van der Waals surface area contributed by atoms with Crippen molar-refractivity contribution < 1.29 is 19.1 Å². The van der Waals surface area contributed by atoms with E-state index in [9.17, 15) is 9.59 Å². The first kappa shape index (κ1) is 19.2. The molecule has 2 aliphatic heterocycles. The second-order valence-corrected chi connectivity index (χ2v) is 7.26. The third-order valence-corrected chi connectivity index (χ3v) is 5.29. The molecule has 4 rings (SSSR count). The summed E-state index contributed by atoms with van der Waals surface area (Å²) in [5.41, 5.74) is 6.58. The number of nitrogens with zero attached hydrogens (tertiary/aromatic N) is 3. The third-order valence-electron chi connectivity index (χ3n) is 5.29. The fourth-order valence-corrected chi connectivity index (χ4v) is 3.73. The molecular weight excluding hydrogens is 372 g/mol. The molecule has 1 saturated heterocycles. The van der Waals surface area contributed by atoms with Gasteiger partial charge in [0.1, 0.15) is 11.6 Å². The van der Waals surface area contributed by atoms with E-state index in [1.54, 1.807) is 29.0 Å². The van der Waals surface area contributed by atoms with Crippen LogP contribution in [0.1, 0.15) is 18.4 Å². The largest absolute Gasteiger partial charge is 0.497 e. The molecule has 2 aromatic rings. The number of nitrogens with two attached hydrogens (primary N) is 1. The van der Waals surface area contributed by atoms with Crippen LogP contribution < -0.4 is 25.0 Å². The fourth-order valence-electron chi connectivity index (χ4n) is 3.73. The fraction of sp³-hybridized carbons (Fsp3) is 0.381. The van der Waals surface area contributed by atoms with Gasteiger partial charge in [0.25, 0.3) is 5.91 Å². The summed E-state index contributed by atoms with van der Waals surface area (Å²) < 4.78 is 10.7. The number of pyridine rings is 1. The lowest BCUT2D eigenvalue weighted by molar-refractivity contribution is -0.121. The molecule has 0 spiro atoms. The molecule has 0 saturated carbocycles. The Morgan fingerprint density at radius 3 is 2.69 bits per heavy atom. The Kier molecular flexibility index (Phi) is 5.35. The lowest BCUT2D eigenvalue weighted by Gasteiger charge is -2.29. The van der Waals surface area contributed by atoms with Gasteiger partial charge in [0, 0.05) is 13.0 Å². The Hall–Kier alpha value is -3.13. The number of benzene rings is 1. The van der Waals surface area contributed by atoms with Gasteiger partial charge >= 0.3 is 0 Å². The van der Waals surface area contributed by atoms with Crippen LogP contribution in [0.25, 0.3) is 0 Å².